The second-order valence-electron chi connectivity index (χ2n) is 7.87. The van der Waals surface area contributed by atoms with Gasteiger partial charge >= 0.3 is 0 Å². The van der Waals surface area contributed by atoms with Crippen LogP contribution in [0.2, 0.25) is 0 Å². The number of carbonyl (C=O) groups is 1. The molecule has 1 aliphatic heterocycles. The third-order valence-electron chi connectivity index (χ3n) is 6.01. The number of pyridine rings is 1. The van der Waals surface area contributed by atoms with Gasteiger partial charge in [-0.1, -0.05) is 30.3 Å². The summed E-state index contributed by atoms with van der Waals surface area (Å²) in [6.07, 6.45) is 0.788. The maximum atomic E-state index is 13.4. The van der Waals surface area contributed by atoms with Gasteiger partial charge in [0.15, 0.2) is 0 Å². The predicted molar refractivity (Wildman–Crippen MR) is 117 cm³/mol. The molecule has 0 spiro atoms. The first-order chi connectivity index (χ1) is 14.2. The maximum Gasteiger partial charge on any atom is 0.253 e. The Morgan fingerprint density at radius 1 is 1.17 bits per heavy atom. The minimum atomic E-state index is -3.29. The molecule has 1 fully saturated rings. The molecular weight excluding hydrogens is 402 g/mol. The molecule has 1 aliphatic rings. The van der Waals surface area contributed by atoms with Crippen LogP contribution >= 0.6 is 0 Å². The van der Waals surface area contributed by atoms with Crippen LogP contribution in [0.5, 0.6) is 0 Å². The second kappa shape index (κ2) is 8.73. The smallest absolute Gasteiger partial charge is 0.253 e. The number of piperidine rings is 1. The number of hydrogen-bond acceptors (Lipinski definition) is 4. The van der Waals surface area contributed by atoms with E-state index in [0.717, 1.165) is 16.8 Å². The highest BCUT2D eigenvalue weighted by molar-refractivity contribution is 7.89. The fourth-order valence-electron chi connectivity index (χ4n) is 4.17. The van der Waals surface area contributed by atoms with Gasteiger partial charge < -0.3 is 10.3 Å². The normalized spacial score (nSPS) is 16.9. The third-order valence-corrected chi connectivity index (χ3v) is 7.90. The Labute approximate surface area is 177 Å². The molecular formula is C22H29N3O4S. The lowest BCUT2D eigenvalue weighted by Gasteiger charge is -2.40. The molecule has 2 heterocycles. The van der Waals surface area contributed by atoms with Gasteiger partial charge in [0.2, 0.25) is 15.9 Å². The number of aromatic nitrogens is 1. The molecule has 1 saturated heterocycles. The van der Waals surface area contributed by atoms with Crippen molar-refractivity contribution < 1.29 is 13.2 Å². The lowest BCUT2D eigenvalue weighted by atomic mass is 9.72. The number of sulfonamides is 1. The molecule has 30 heavy (non-hydrogen) atoms. The average molecular weight is 432 g/mol. The molecule has 3 rings (SSSR count). The predicted octanol–water partition coefficient (Wildman–Crippen LogP) is 1.99. The molecule has 1 aromatic carbocycles. The van der Waals surface area contributed by atoms with Crippen LogP contribution in [-0.2, 0) is 26.8 Å². The Morgan fingerprint density at radius 3 is 2.37 bits per heavy atom. The molecule has 8 heteroatoms. The molecule has 1 aromatic heterocycles. The van der Waals surface area contributed by atoms with Crippen LogP contribution in [0.25, 0.3) is 0 Å². The van der Waals surface area contributed by atoms with E-state index in [-0.39, 0.29) is 23.8 Å². The van der Waals surface area contributed by atoms with Crippen LogP contribution in [0.3, 0.4) is 0 Å². The van der Waals surface area contributed by atoms with E-state index in [4.69, 9.17) is 0 Å². The lowest BCUT2D eigenvalue weighted by molar-refractivity contribution is -0.128. The van der Waals surface area contributed by atoms with Crippen LogP contribution in [-0.4, -0.2) is 42.5 Å². The van der Waals surface area contributed by atoms with E-state index in [1.807, 2.05) is 50.2 Å². The molecule has 0 unspecified atom stereocenters. The molecule has 2 aromatic rings. The quantitative estimate of drug-likeness (QED) is 0.731. The zero-order valence-corrected chi connectivity index (χ0v) is 18.5. The van der Waals surface area contributed by atoms with E-state index in [0.29, 0.717) is 31.5 Å². The number of rotatable bonds is 6. The summed E-state index contributed by atoms with van der Waals surface area (Å²) < 4.78 is 26.0. The molecule has 0 radical (unpaired) electrons. The number of amides is 1. The topological polar surface area (TPSA) is 99.3 Å². The monoisotopic (exact) mass is 431 g/mol. The summed E-state index contributed by atoms with van der Waals surface area (Å²) in [6, 6.07) is 11.4. The maximum absolute atomic E-state index is 13.4. The molecule has 7 nitrogen and oxygen atoms in total. The van der Waals surface area contributed by atoms with Gasteiger partial charge in [-0.3, -0.25) is 9.59 Å². The average Bonchev–Trinajstić information content (AvgIpc) is 2.73. The highest BCUT2D eigenvalue weighted by Gasteiger charge is 2.44. The van der Waals surface area contributed by atoms with Crippen molar-refractivity contribution in [1.82, 2.24) is 14.6 Å². The summed E-state index contributed by atoms with van der Waals surface area (Å²) in [5, 5.41) is 2.95. The number of hydrogen-bond donors (Lipinski definition) is 2. The Kier molecular flexibility index (Phi) is 6.47. The molecule has 1 amide bonds. The fourth-order valence-corrected chi connectivity index (χ4v) is 5.28. The van der Waals surface area contributed by atoms with Crippen molar-refractivity contribution >= 4 is 15.9 Å². The van der Waals surface area contributed by atoms with Crippen molar-refractivity contribution in [2.24, 2.45) is 0 Å². The van der Waals surface area contributed by atoms with Gasteiger partial charge in [0.05, 0.1) is 11.2 Å². The van der Waals surface area contributed by atoms with Crippen molar-refractivity contribution in [3.63, 3.8) is 0 Å². The summed E-state index contributed by atoms with van der Waals surface area (Å²) in [7, 11) is -3.29. The van der Waals surface area contributed by atoms with Gasteiger partial charge in [0, 0.05) is 30.9 Å². The van der Waals surface area contributed by atoms with Crippen molar-refractivity contribution in [2.75, 3.05) is 18.8 Å². The largest absolute Gasteiger partial charge is 0.351 e. The number of benzene rings is 1. The van der Waals surface area contributed by atoms with Crippen LogP contribution < -0.4 is 10.9 Å². The highest BCUT2D eigenvalue weighted by atomic mass is 32.2. The van der Waals surface area contributed by atoms with Gasteiger partial charge in [-0.25, -0.2) is 12.7 Å². The number of nitrogens with zero attached hydrogens (tertiary/aromatic N) is 1. The number of aryl methyl sites for hydroxylation is 2. The van der Waals surface area contributed by atoms with Crippen molar-refractivity contribution in [3.05, 3.63) is 69.1 Å². The molecule has 162 valence electrons. The summed E-state index contributed by atoms with van der Waals surface area (Å²) in [5.41, 5.74) is 1.97. The van der Waals surface area contributed by atoms with Crippen LogP contribution in [0.1, 0.15) is 42.1 Å². The van der Waals surface area contributed by atoms with E-state index in [1.54, 1.807) is 6.92 Å². The lowest BCUT2D eigenvalue weighted by Crippen LogP contribution is -2.53. The van der Waals surface area contributed by atoms with Crippen molar-refractivity contribution in [1.29, 1.82) is 0 Å². The summed E-state index contributed by atoms with van der Waals surface area (Å²) in [5.74, 6) is -0.130. The second-order valence-corrected chi connectivity index (χ2v) is 10.1. The van der Waals surface area contributed by atoms with Crippen LogP contribution in [0.15, 0.2) is 41.2 Å². The Hall–Kier alpha value is -2.45. The molecule has 0 saturated carbocycles. The minimum absolute atomic E-state index is 0.0486. The van der Waals surface area contributed by atoms with E-state index in [1.165, 1.54) is 4.31 Å². The molecule has 0 bridgehead atoms. The summed E-state index contributed by atoms with van der Waals surface area (Å²) >= 11 is 0. The standard InChI is InChI=1S/C22H29N3O4S/c1-4-30(28,29)25-12-10-22(11-13-25,18-8-6-5-7-9-18)21(27)23-15-19-16(2)14-17(3)24-20(19)26/h5-9,14H,4,10-13,15H2,1-3H3,(H,23,27)(H,24,26). The molecule has 2 N–H and O–H groups in total. The van der Waals surface area contributed by atoms with Gasteiger partial charge in [-0.15, -0.1) is 0 Å². The third kappa shape index (κ3) is 4.34. The first kappa shape index (κ1) is 22.2. The van der Waals surface area contributed by atoms with E-state index in [9.17, 15) is 18.0 Å². The van der Waals surface area contributed by atoms with E-state index < -0.39 is 15.4 Å². The van der Waals surface area contributed by atoms with Crippen molar-refractivity contribution in [3.8, 4) is 0 Å². The van der Waals surface area contributed by atoms with E-state index in [2.05, 4.69) is 10.3 Å². The van der Waals surface area contributed by atoms with Gasteiger partial charge in [0.1, 0.15) is 0 Å². The Balaban J connectivity index is 1.86. The van der Waals surface area contributed by atoms with Crippen LogP contribution in [0, 0.1) is 13.8 Å². The van der Waals surface area contributed by atoms with Gasteiger partial charge in [-0.2, -0.15) is 0 Å². The van der Waals surface area contributed by atoms with E-state index >= 15 is 0 Å². The van der Waals surface area contributed by atoms with Crippen molar-refractivity contribution in [2.45, 2.75) is 45.6 Å². The Bertz CT molecular complexity index is 1070. The SMILES string of the molecule is CCS(=O)(=O)N1CCC(C(=O)NCc2c(C)cc(C)[nH]c2=O)(c2ccccc2)CC1. The first-order valence-corrected chi connectivity index (χ1v) is 11.8. The number of nitrogens with one attached hydrogen (secondary N) is 2. The molecule has 0 aliphatic carbocycles. The zero-order chi connectivity index (χ0) is 21.9. The zero-order valence-electron chi connectivity index (χ0n) is 17.7. The van der Waals surface area contributed by atoms with Gasteiger partial charge in [-0.05, 0) is 50.8 Å². The Morgan fingerprint density at radius 2 is 1.80 bits per heavy atom. The summed E-state index contributed by atoms with van der Waals surface area (Å²) in [6.45, 7) is 6.02. The summed E-state index contributed by atoms with van der Waals surface area (Å²) in [4.78, 5) is 28.5. The number of aromatic amines is 1. The van der Waals surface area contributed by atoms with Gasteiger partial charge in [0.25, 0.3) is 5.56 Å². The van der Waals surface area contributed by atoms with Crippen LogP contribution in [0.4, 0.5) is 0 Å². The highest BCUT2D eigenvalue weighted by Crippen LogP contribution is 2.36. The fraction of sp³-hybridized carbons (Fsp3) is 0.455. The molecule has 0 atom stereocenters. The minimum Gasteiger partial charge on any atom is -0.351 e. The number of carbonyl (C=O) groups excluding carboxylic acids is 1. The first-order valence-electron chi connectivity index (χ1n) is 10.2. The number of H-pyrrole nitrogens is 1.